The highest BCUT2D eigenvalue weighted by atomic mass is 16.5. The summed E-state index contributed by atoms with van der Waals surface area (Å²) in [4.78, 5) is 4.31. The third kappa shape index (κ3) is 5.70. The van der Waals surface area contributed by atoms with E-state index in [1.807, 2.05) is 20.9 Å². The fourth-order valence-corrected chi connectivity index (χ4v) is 2.75. The second kappa shape index (κ2) is 9.49. The van der Waals surface area contributed by atoms with Crippen molar-refractivity contribution in [1.29, 1.82) is 0 Å². The largest absolute Gasteiger partial charge is 0.361 e. The number of hydrogen-bond acceptors (Lipinski definition) is 3. The molecule has 1 aromatic rings. The van der Waals surface area contributed by atoms with Crippen LogP contribution in [-0.4, -0.2) is 30.8 Å². The summed E-state index contributed by atoms with van der Waals surface area (Å²) in [5.74, 6) is 2.10. The number of nitrogens with zero attached hydrogens (tertiary/aromatic N) is 2. The number of rotatable bonds is 8. The van der Waals surface area contributed by atoms with Crippen molar-refractivity contribution in [3.05, 3.63) is 17.0 Å². The van der Waals surface area contributed by atoms with Crippen LogP contribution in [0.25, 0.3) is 0 Å². The summed E-state index contributed by atoms with van der Waals surface area (Å²) in [7, 11) is 1.81. The number of hydrogen-bond donors (Lipinski definition) is 2. The lowest BCUT2D eigenvalue weighted by Gasteiger charge is -2.20. The smallest absolute Gasteiger partial charge is 0.191 e. The highest BCUT2D eigenvalue weighted by Gasteiger charge is 2.16. The molecule has 0 aromatic carbocycles. The predicted octanol–water partition coefficient (Wildman–Crippen LogP) is 3.53. The summed E-state index contributed by atoms with van der Waals surface area (Å²) in [6.45, 7) is 11.4. The van der Waals surface area contributed by atoms with Crippen LogP contribution < -0.4 is 10.6 Å². The van der Waals surface area contributed by atoms with Crippen molar-refractivity contribution in [2.75, 3.05) is 13.6 Å². The minimum Gasteiger partial charge on any atom is -0.361 e. The molecular formula is C17H32N4O. The van der Waals surface area contributed by atoms with Gasteiger partial charge in [-0.3, -0.25) is 4.99 Å². The maximum absolute atomic E-state index is 5.25. The van der Waals surface area contributed by atoms with Gasteiger partial charge in [-0.2, -0.15) is 0 Å². The Morgan fingerprint density at radius 3 is 2.55 bits per heavy atom. The number of aryl methyl sites for hydroxylation is 2. The predicted molar refractivity (Wildman–Crippen MR) is 92.5 cm³/mol. The molecule has 1 rings (SSSR count). The van der Waals surface area contributed by atoms with Gasteiger partial charge in [-0.1, -0.05) is 38.3 Å². The van der Waals surface area contributed by atoms with Crippen LogP contribution in [0, 0.1) is 13.8 Å². The molecule has 0 aliphatic rings. The van der Waals surface area contributed by atoms with Crippen molar-refractivity contribution in [3.8, 4) is 0 Å². The number of unbranched alkanes of at least 4 members (excludes halogenated alkanes) is 2. The third-order valence-corrected chi connectivity index (χ3v) is 4.00. The second-order valence-electron chi connectivity index (χ2n) is 6.13. The van der Waals surface area contributed by atoms with E-state index in [-0.39, 0.29) is 0 Å². The summed E-state index contributed by atoms with van der Waals surface area (Å²) in [5, 5.41) is 10.9. The summed E-state index contributed by atoms with van der Waals surface area (Å²) < 4.78 is 5.25. The SMILES string of the molecule is CCCCCC(C)NC(=NC)NCC(C)c1c(C)noc1C. The highest BCUT2D eigenvalue weighted by Crippen LogP contribution is 2.22. The molecule has 0 radical (unpaired) electrons. The first kappa shape index (κ1) is 18.5. The standard InChI is InChI=1S/C17H32N4O/c1-7-8-9-10-13(3)20-17(18-6)19-11-12(2)16-14(4)21-22-15(16)5/h12-13H,7-11H2,1-6H3,(H2,18,19,20). The van der Waals surface area contributed by atoms with E-state index >= 15 is 0 Å². The maximum atomic E-state index is 5.25. The van der Waals surface area contributed by atoms with Crippen molar-refractivity contribution >= 4 is 5.96 Å². The molecule has 0 aliphatic carbocycles. The van der Waals surface area contributed by atoms with E-state index in [0.29, 0.717) is 12.0 Å². The third-order valence-electron chi connectivity index (χ3n) is 4.00. The zero-order chi connectivity index (χ0) is 16.5. The van der Waals surface area contributed by atoms with Crippen molar-refractivity contribution in [2.45, 2.75) is 72.3 Å². The summed E-state index contributed by atoms with van der Waals surface area (Å²) in [6, 6.07) is 0.437. The fourth-order valence-electron chi connectivity index (χ4n) is 2.75. The Morgan fingerprint density at radius 2 is 2.00 bits per heavy atom. The molecule has 0 saturated heterocycles. The molecule has 0 bridgehead atoms. The molecule has 0 fully saturated rings. The van der Waals surface area contributed by atoms with Gasteiger partial charge in [0.1, 0.15) is 5.76 Å². The van der Waals surface area contributed by atoms with Crippen molar-refractivity contribution in [1.82, 2.24) is 15.8 Å². The first-order chi connectivity index (χ1) is 10.5. The lowest BCUT2D eigenvalue weighted by molar-refractivity contribution is 0.391. The summed E-state index contributed by atoms with van der Waals surface area (Å²) in [6.07, 6.45) is 4.99. The van der Waals surface area contributed by atoms with E-state index in [9.17, 15) is 0 Å². The lowest BCUT2D eigenvalue weighted by atomic mass is 10.00. The normalized spacial score (nSPS) is 14.7. The van der Waals surface area contributed by atoms with Crippen LogP contribution in [0.2, 0.25) is 0 Å². The van der Waals surface area contributed by atoms with E-state index in [1.54, 1.807) is 0 Å². The Bertz CT molecular complexity index is 448. The molecule has 0 spiro atoms. The molecule has 2 unspecified atom stereocenters. The monoisotopic (exact) mass is 308 g/mol. The first-order valence-corrected chi connectivity index (χ1v) is 8.39. The Kier molecular flexibility index (Phi) is 7.99. The molecular weight excluding hydrogens is 276 g/mol. The number of nitrogens with one attached hydrogen (secondary N) is 2. The van der Waals surface area contributed by atoms with Gasteiger partial charge >= 0.3 is 0 Å². The second-order valence-corrected chi connectivity index (χ2v) is 6.13. The van der Waals surface area contributed by atoms with Crippen molar-refractivity contribution in [3.63, 3.8) is 0 Å². The van der Waals surface area contributed by atoms with Crippen LogP contribution in [0.5, 0.6) is 0 Å². The van der Waals surface area contributed by atoms with Crippen LogP contribution in [-0.2, 0) is 0 Å². The van der Waals surface area contributed by atoms with E-state index in [4.69, 9.17) is 4.52 Å². The molecule has 2 N–H and O–H groups in total. The molecule has 0 aliphatic heterocycles. The quantitative estimate of drug-likeness (QED) is 0.438. The topological polar surface area (TPSA) is 62.5 Å². The molecule has 1 heterocycles. The maximum Gasteiger partial charge on any atom is 0.191 e. The van der Waals surface area contributed by atoms with Crippen LogP contribution >= 0.6 is 0 Å². The van der Waals surface area contributed by atoms with Gasteiger partial charge in [0.2, 0.25) is 0 Å². The summed E-state index contributed by atoms with van der Waals surface area (Å²) in [5.41, 5.74) is 2.17. The molecule has 0 saturated carbocycles. The molecule has 1 aromatic heterocycles. The van der Waals surface area contributed by atoms with E-state index < -0.39 is 0 Å². The van der Waals surface area contributed by atoms with Crippen LogP contribution in [0.4, 0.5) is 0 Å². The average molecular weight is 308 g/mol. The molecule has 5 heteroatoms. The Morgan fingerprint density at radius 1 is 1.27 bits per heavy atom. The minimum atomic E-state index is 0.334. The van der Waals surface area contributed by atoms with Gasteiger partial charge in [0, 0.05) is 31.1 Å². The Hall–Kier alpha value is -1.52. The first-order valence-electron chi connectivity index (χ1n) is 8.39. The zero-order valence-corrected chi connectivity index (χ0v) is 15.0. The van der Waals surface area contributed by atoms with Gasteiger partial charge in [-0.15, -0.1) is 0 Å². The Labute approximate surface area is 135 Å². The van der Waals surface area contributed by atoms with Gasteiger partial charge < -0.3 is 15.2 Å². The van der Waals surface area contributed by atoms with Gasteiger partial charge in [0.05, 0.1) is 5.69 Å². The number of aliphatic imine (C=N–C) groups is 1. The van der Waals surface area contributed by atoms with Gasteiger partial charge in [0.25, 0.3) is 0 Å². The van der Waals surface area contributed by atoms with Gasteiger partial charge in [-0.05, 0) is 27.2 Å². The fraction of sp³-hybridized carbons (Fsp3) is 0.765. The molecule has 5 nitrogen and oxygen atoms in total. The minimum absolute atomic E-state index is 0.334. The van der Waals surface area contributed by atoms with Crippen molar-refractivity contribution in [2.24, 2.45) is 4.99 Å². The molecule has 0 amide bonds. The van der Waals surface area contributed by atoms with Crippen LogP contribution in [0.3, 0.4) is 0 Å². The number of guanidine groups is 1. The van der Waals surface area contributed by atoms with Gasteiger partial charge in [-0.25, -0.2) is 0 Å². The zero-order valence-electron chi connectivity index (χ0n) is 15.0. The van der Waals surface area contributed by atoms with Crippen LogP contribution in [0.1, 0.15) is 69.4 Å². The molecule has 2 atom stereocenters. The van der Waals surface area contributed by atoms with E-state index in [2.05, 4.69) is 41.6 Å². The molecule has 126 valence electrons. The average Bonchev–Trinajstić information content (AvgIpc) is 2.82. The summed E-state index contributed by atoms with van der Waals surface area (Å²) >= 11 is 0. The molecule has 22 heavy (non-hydrogen) atoms. The Balaban J connectivity index is 2.44. The van der Waals surface area contributed by atoms with Crippen LogP contribution in [0.15, 0.2) is 9.52 Å². The van der Waals surface area contributed by atoms with Gasteiger partial charge in [0.15, 0.2) is 5.96 Å². The van der Waals surface area contributed by atoms with E-state index in [0.717, 1.165) is 24.0 Å². The highest BCUT2D eigenvalue weighted by molar-refractivity contribution is 5.79. The number of aromatic nitrogens is 1. The van der Waals surface area contributed by atoms with Crippen molar-refractivity contribution < 1.29 is 4.52 Å². The van der Waals surface area contributed by atoms with E-state index in [1.165, 1.54) is 31.2 Å². The lowest BCUT2D eigenvalue weighted by Crippen LogP contribution is -2.43.